The average Bonchev–Trinajstić information content (AvgIpc) is 2.24. The maximum Gasteiger partial charge on any atom is 0 e. The van der Waals surface area contributed by atoms with E-state index in [-0.39, 0.29) is 23.3 Å². The molecule has 0 amide bonds. The minimum Gasteiger partial charge on any atom is -0.0776 e. The highest BCUT2D eigenvalue weighted by Crippen LogP contribution is 2.15. The summed E-state index contributed by atoms with van der Waals surface area (Å²) in [6.45, 7) is 0. The van der Waals surface area contributed by atoms with Crippen LogP contribution in [-0.2, 0) is 0 Å². The quantitative estimate of drug-likeness (QED) is 0.459. The Kier molecular flexibility index (Phi) is 22.5. The Balaban J connectivity index is -0.000000160. The molecule has 0 unspecified atom stereocenters. The van der Waals surface area contributed by atoms with Gasteiger partial charge in [0.1, 0.15) is 0 Å². The molecular formula is C14H32B. The lowest BCUT2D eigenvalue weighted by atomic mass is 10.0. The van der Waals surface area contributed by atoms with E-state index in [0.29, 0.717) is 0 Å². The SMILES string of the molecule is C.C.C1CCCCC1.C1CCCCC1.[B]. The Hall–Kier alpha value is 0.0649. The maximum absolute atomic E-state index is 1.50. The predicted octanol–water partition coefficient (Wildman–Crippen LogP) is 5.57. The van der Waals surface area contributed by atoms with Crippen LogP contribution in [0.3, 0.4) is 0 Å². The van der Waals surface area contributed by atoms with Crippen molar-refractivity contribution in [1.82, 2.24) is 0 Å². The van der Waals surface area contributed by atoms with E-state index in [9.17, 15) is 0 Å². The molecule has 0 heterocycles. The summed E-state index contributed by atoms with van der Waals surface area (Å²) in [5.41, 5.74) is 0. The molecule has 1 heteroatoms. The monoisotopic (exact) mass is 211 g/mol. The Bertz CT molecular complexity index is 48.3. The van der Waals surface area contributed by atoms with Gasteiger partial charge in [-0.3, -0.25) is 0 Å². The normalized spacial score (nSPS) is 19.2. The first-order valence-corrected chi connectivity index (χ1v) is 6.00. The molecule has 2 saturated carbocycles. The van der Waals surface area contributed by atoms with Crippen LogP contribution in [0.2, 0.25) is 0 Å². The van der Waals surface area contributed by atoms with Crippen LogP contribution >= 0.6 is 0 Å². The predicted molar refractivity (Wildman–Crippen MR) is 74.6 cm³/mol. The van der Waals surface area contributed by atoms with Crippen molar-refractivity contribution in [3.8, 4) is 0 Å². The first kappa shape index (κ1) is 20.5. The molecule has 0 saturated heterocycles. The Morgan fingerprint density at radius 1 is 0.267 bits per heavy atom. The van der Waals surface area contributed by atoms with E-state index in [1.165, 1.54) is 77.0 Å². The molecule has 0 nitrogen and oxygen atoms in total. The van der Waals surface area contributed by atoms with Gasteiger partial charge in [-0.15, -0.1) is 0 Å². The second kappa shape index (κ2) is 16.5. The van der Waals surface area contributed by atoms with Crippen molar-refractivity contribution >= 4 is 8.41 Å². The van der Waals surface area contributed by atoms with Crippen LogP contribution in [0.25, 0.3) is 0 Å². The van der Waals surface area contributed by atoms with Crippen molar-refractivity contribution in [3.63, 3.8) is 0 Å². The summed E-state index contributed by atoms with van der Waals surface area (Å²) in [7, 11) is 0. The minimum absolute atomic E-state index is 0. The molecule has 0 aromatic heterocycles. The van der Waals surface area contributed by atoms with Gasteiger partial charge in [-0.2, -0.15) is 0 Å². The van der Waals surface area contributed by atoms with Gasteiger partial charge in [-0.1, -0.05) is 91.9 Å². The lowest BCUT2D eigenvalue weighted by Gasteiger charge is -2.05. The first-order valence-electron chi connectivity index (χ1n) is 6.00. The van der Waals surface area contributed by atoms with Crippen LogP contribution in [0.4, 0.5) is 0 Å². The van der Waals surface area contributed by atoms with Crippen molar-refractivity contribution < 1.29 is 0 Å². The van der Waals surface area contributed by atoms with E-state index < -0.39 is 0 Å². The van der Waals surface area contributed by atoms with Crippen molar-refractivity contribution in [3.05, 3.63) is 0 Å². The highest BCUT2D eigenvalue weighted by atomic mass is 14.0. The third kappa shape index (κ3) is 14.1. The van der Waals surface area contributed by atoms with Crippen molar-refractivity contribution in [2.45, 2.75) is 91.9 Å². The second-order valence-corrected chi connectivity index (χ2v) is 4.24. The van der Waals surface area contributed by atoms with Gasteiger partial charge in [0.25, 0.3) is 0 Å². The van der Waals surface area contributed by atoms with Gasteiger partial charge in [0.05, 0.1) is 0 Å². The van der Waals surface area contributed by atoms with Gasteiger partial charge in [0, 0.05) is 8.41 Å². The summed E-state index contributed by atoms with van der Waals surface area (Å²) < 4.78 is 0. The molecule has 2 aliphatic rings. The molecule has 3 radical (unpaired) electrons. The third-order valence-electron chi connectivity index (χ3n) is 3.00. The number of rotatable bonds is 0. The Morgan fingerprint density at radius 2 is 0.333 bits per heavy atom. The molecule has 0 aliphatic heterocycles. The molecule has 2 fully saturated rings. The van der Waals surface area contributed by atoms with Crippen LogP contribution < -0.4 is 0 Å². The molecular weight excluding hydrogens is 179 g/mol. The van der Waals surface area contributed by atoms with Gasteiger partial charge in [-0.05, 0) is 0 Å². The molecule has 0 atom stereocenters. The van der Waals surface area contributed by atoms with E-state index in [4.69, 9.17) is 0 Å². The van der Waals surface area contributed by atoms with Gasteiger partial charge in [-0.25, -0.2) is 0 Å². The summed E-state index contributed by atoms with van der Waals surface area (Å²) in [5.74, 6) is 0. The van der Waals surface area contributed by atoms with E-state index in [1.807, 2.05) is 0 Å². The lowest BCUT2D eigenvalue weighted by Crippen LogP contribution is -1.85. The van der Waals surface area contributed by atoms with Crippen molar-refractivity contribution in [2.75, 3.05) is 0 Å². The number of hydrogen-bond donors (Lipinski definition) is 0. The largest absolute Gasteiger partial charge is 0.0776 e. The molecule has 15 heavy (non-hydrogen) atoms. The summed E-state index contributed by atoms with van der Waals surface area (Å²) in [4.78, 5) is 0. The van der Waals surface area contributed by atoms with E-state index >= 15 is 0 Å². The van der Waals surface area contributed by atoms with Crippen LogP contribution in [0, 0.1) is 0 Å². The average molecular weight is 211 g/mol. The summed E-state index contributed by atoms with van der Waals surface area (Å²) >= 11 is 0. The standard InChI is InChI=1S/2C6H12.2CH4.B/c2*1-2-4-6-5-3-1;;;/h2*1-6H2;2*1H4;. The highest BCUT2D eigenvalue weighted by molar-refractivity contribution is 5.75. The summed E-state index contributed by atoms with van der Waals surface area (Å²) in [5, 5.41) is 0. The van der Waals surface area contributed by atoms with E-state index in [0.717, 1.165) is 0 Å². The van der Waals surface area contributed by atoms with Gasteiger partial charge in [0.2, 0.25) is 0 Å². The second-order valence-electron chi connectivity index (χ2n) is 4.24. The van der Waals surface area contributed by atoms with Gasteiger partial charge < -0.3 is 0 Å². The molecule has 0 aromatic rings. The fraction of sp³-hybridized carbons (Fsp3) is 1.00. The molecule has 91 valence electrons. The fourth-order valence-corrected chi connectivity index (χ4v) is 2.12. The summed E-state index contributed by atoms with van der Waals surface area (Å²) in [6, 6.07) is 0. The lowest BCUT2D eigenvalue weighted by molar-refractivity contribution is 0.504. The molecule has 0 spiro atoms. The Labute approximate surface area is 101 Å². The van der Waals surface area contributed by atoms with Gasteiger partial charge in [0.15, 0.2) is 0 Å². The van der Waals surface area contributed by atoms with Crippen molar-refractivity contribution in [2.24, 2.45) is 0 Å². The highest BCUT2D eigenvalue weighted by Gasteiger charge is 1.96. The fourth-order valence-electron chi connectivity index (χ4n) is 2.12. The van der Waals surface area contributed by atoms with Gasteiger partial charge >= 0.3 is 0 Å². The molecule has 0 bridgehead atoms. The molecule has 2 aliphatic carbocycles. The zero-order chi connectivity index (χ0) is 8.49. The topological polar surface area (TPSA) is 0 Å². The van der Waals surface area contributed by atoms with E-state index in [2.05, 4.69) is 0 Å². The van der Waals surface area contributed by atoms with Crippen LogP contribution in [0.5, 0.6) is 0 Å². The third-order valence-corrected chi connectivity index (χ3v) is 3.00. The molecule has 2 rings (SSSR count). The zero-order valence-corrected chi connectivity index (χ0v) is 9.06. The molecule has 0 N–H and O–H groups in total. The summed E-state index contributed by atoms with van der Waals surface area (Å²) in [6.07, 6.45) is 18.0. The maximum atomic E-state index is 1.50. The number of hydrogen-bond acceptors (Lipinski definition) is 0. The van der Waals surface area contributed by atoms with Crippen LogP contribution in [0.15, 0.2) is 0 Å². The zero-order valence-electron chi connectivity index (χ0n) is 9.06. The molecule has 0 aromatic carbocycles. The Morgan fingerprint density at radius 3 is 0.400 bits per heavy atom. The first-order chi connectivity index (χ1) is 6.00. The minimum atomic E-state index is 0. The smallest absolute Gasteiger partial charge is 0 e. The van der Waals surface area contributed by atoms with Crippen molar-refractivity contribution in [1.29, 1.82) is 0 Å². The van der Waals surface area contributed by atoms with E-state index in [1.54, 1.807) is 0 Å². The van der Waals surface area contributed by atoms with Crippen LogP contribution in [-0.4, -0.2) is 8.41 Å². The van der Waals surface area contributed by atoms with Crippen LogP contribution in [0.1, 0.15) is 91.9 Å².